The number of ketones is 1. The van der Waals surface area contributed by atoms with E-state index in [0.29, 0.717) is 0 Å². The van der Waals surface area contributed by atoms with E-state index < -0.39 is 0 Å². The van der Waals surface area contributed by atoms with Crippen molar-refractivity contribution >= 4 is 11.4 Å². The van der Waals surface area contributed by atoms with E-state index >= 15 is 0 Å². The molecule has 0 saturated carbocycles. The van der Waals surface area contributed by atoms with Crippen molar-refractivity contribution in [3.63, 3.8) is 0 Å². The first-order valence-corrected chi connectivity index (χ1v) is 6.17. The van der Waals surface area contributed by atoms with Crippen LogP contribution in [0.15, 0.2) is 60.7 Å². The van der Waals surface area contributed by atoms with Crippen LogP contribution in [0.3, 0.4) is 0 Å². The van der Waals surface area contributed by atoms with Crippen LogP contribution in [0.4, 0.5) is 0 Å². The van der Waals surface area contributed by atoms with Gasteiger partial charge in [-0.1, -0.05) is 30.3 Å². The van der Waals surface area contributed by atoms with Gasteiger partial charge in [-0.3, -0.25) is 4.79 Å². The maximum Gasteiger partial charge on any atom is 0.152 e. The molecule has 0 radical (unpaired) electrons. The van der Waals surface area contributed by atoms with Gasteiger partial charge in [0.25, 0.3) is 0 Å². The molecule has 0 aromatic heterocycles. The monoisotopic (exact) mass is 252 g/mol. The minimum atomic E-state index is 0.0575. The summed E-state index contributed by atoms with van der Waals surface area (Å²) in [7, 11) is 0. The number of carbonyl (C=O) groups excluding carboxylic acids is 1. The van der Waals surface area contributed by atoms with Crippen LogP contribution in [0.2, 0.25) is 0 Å². The maximum absolute atomic E-state index is 11.0. The fourth-order valence-corrected chi connectivity index (χ4v) is 1.80. The predicted molar refractivity (Wildman–Crippen MR) is 77.3 cm³/mol. The second-order valence-electron chi connectivity index (χ2n) is 4.38. The highest BCUT2D eigenvalue weighted by Crippen LogP contribution is 2.23. The van der Waals surface area contributed by atoms with Crippen molar-refractivity contribution in [2.45, 2.75) is 13.8 Å². The van der Waals surface area contributed by atoms with Gasteiger partial charge in [0.05, 0.1) is 0 Å². The summed E-state index contributed by atoms with van der Waals surface area (Å²) >= 11 is 0. The molecule has 2 heteroatoms. The fraction of sp³-hybridized carbons (Fsp3) is 0.118. The molecule has 0 fully saturated rings. The van der Waals surface area contributed by atoms with Crippen molar-refractivity contribution in [1.29, 1.82) is 0 Å². The van der Waals surface area contributed by atoms with E-state index in [2.05, 4.69) is 0 Å². The van der Waals surface area contributed by atoms with E-state index in [1.807, 2.05) is 61.5 Å². The van der Waals surface area contributed by atoms with E-state index in [-0.39, 0.29) is 5.78 Å². The molecule has 19 heavy (non-hydrogen) atoms. The molecule has 2 rings (SSSR count). The summed E-state index contributed by atoms with van der Waals surface area (Å²) < 4.78 is 5.71. The summed E-state index contributed by atoms with van der Waals surface area (Å²) in [5.41, 5.74) is 1.98. The summed E-state index contributed by atoms with van der Waals surface area (Å²) in [5, 5.41) is 0. The standard InChI is InChI=1S/C17H16O2/c1-13(12-14(2)18)15-8-10-17(11-9-15)19-16-6-4-3-5-7-16/h3-12H,1-2H3/b13-12+. The van der Waals surface area contributed by atoms with Crippen LogP contribution in [0.1, 0.15) is 19.4 Å². The largest absolute Gasteiger partial charge is 0.457 e. The zero-order chi connectivity index (χ0) is 13.7. The lowest BCUT2D eigenvalue weighted by molar-refractivity contribution is -0.112. The third-order valence-corrected chi connectivity index (χ3v) is 2.71. The van der Waals surface area contributed by atoms with Crippen molar-refractivity contribution < 1.29 is 9.53 Å². The predicted octanol–water partition coefficient (Wildman–Crippen LogP) is 4.47. The molecule has 0 bridgehead atoms. The molecule has 0 amide bonds. The van der Waals surface area contributed by atoms with E-state index in [4.69, 9.17) is 4.74 Å². The highest BCUT2D eigenvalue weighted by Gasteiger charge is 2.00. The molecule has 0 saturated heterocycles. The number of carbonyl (C=O) groups is 1. The molecule has 0 aliphatic rings. The maximum atomic E-state index is 11.0. The highest BCUT2D eigenvalue weighted by atomic mass is 16.5. The summed E-state index contributed by atoms with van der Waals surface area (Å²) in [4.78, 5) is 11.0. The Morgan fingerprint density at radius 2 is 1.47 bits per heavy atom. The molecule has 0 spiro atoms. The first-order chi connectivity index (χ1) is 9.15. The number of allylic oxidation sites excluding steroid dienone is 2. The molecule has 0 aliphatic heterocycles. The third-order valence-electron chi connectivity index (χ3n) is 2.71. The number of hydrogen-bond donors (Lipinski definition) is 0. The van der Waals surface area contributed by atoms with Crippen molar-refractivity contribution in [2.24, 2.45) is 0 Å². The smallest absolute Gasteiger partial charge is 0.152 e. The fourth-order valence-electron chi connectivity index (χ4n) is 1.80. The minimum Gasteiger partial charge on any atom is -0.457 e. The van der Waals surface area contributed by atoms with E-state index in [1.54, 1.807) is 13.0 Å². The second-order valence-corrected chi connectivity index (χ2v) is 4.38. The van der Waals surface area contributed by atoms with Crippen LogP contribution >= 0.6 is 0 Å². The van der Waals surface area contributed by atoms with Crippen molar-refractivity contribution in [1.82, 2.24) is 0 Å². The van der Waals surface area contributed by atoms with Crippen LogP contribution < -0.4 is 4.74 Å². The third kappa shape index (κ3) is 3.81. The molecular weight excluding hydrogens is 236 g/mol. The summed E-state index contributed by atoms with van der Waals surface area (Å²) in [6, 6.07) is 17.3. The lowest BCUT2D eigenvalue weighted by atomic mass is 10.1. The van der Waals surface area contributed by atoms with Crippen LogP contribution in [0.25, 0.3) is 5.57 Å². The number of para-hydroxylation sites is 1. The number of rotatable bonds is 4. The number of ether oxygens (including phenoxy) is 1. The Balaban J connectivity index is 2.13. The Morgan fingerprint density at radius 1 is 0.895 bits per heavy atom. The molecule has 0 N–H and O–H groups in total. The summed E-state index contributed by atoms with van der Waals surface area (Å²) in [6.07, 6.45) is 1.63. The van der Waals surface area contributed by atoms with Crippen LogP contribution in [-0.2, 0) is 4.79 Å². The van der Waals surface area contributed by atoms with Crippen LogP contribution in [-0.4, -0.2) is 5.78 Å². The quantitative estimate of drug-likeness (QED) is 0.750. The Morgan fingerprint density at radius 3 is 2.05 bits per heavy atom. The van der Waals surface area contributed by atoms with Gasteiger partial charge in [0, 0.05) is 0 Å². The van der Waals surface area contributed by atoms with Gasteiger partial charge in [0.2, 0.25) is 0 Å². The molecule has 0 aliphatic carbocycles. The second kappa shape index (κ2) is 6.01. The molecule has 2 aromatic rings. The van der Waals surface area contributed by atoms with E-state index in [9.17, 15) is 4.79 Å². The van der Waals surface area contributed by atoms with Gasteiger partial charge < -0.3 is 4.74 Å². The van der Waals surface area contributed by atoms with Gasteiger partial charge >= 0.3 is 0 Å². The molecule has 2 nitrogen and oxygen atoms in total. The van der Waals surface area contributed by atoms with E-state index in [0.717, 1.165) is 22.6 Å². The van der Waals surface area contributed by atoms with Gasteiger partial charge in [-0.05, 0) is 55.3 Å². The van der Waals surface area contributed by atoms with Gasteiger partial charge in [-0.25, -0.2) is 0 Å². The summed E-state index contributed by atoms with van der Waals surface area (Å²) in [6.45, 7) is 3.48. The average molecular weight is 252 g/mol. The lowest BCUT2D eigenvalue weighted by Crippen LogP contribution is -1.87. The average Bonchev–Trinajstić information content (AvgIpc) is 2.40. The lowest BCUT2D eigenvalue weighted by Gasteiger charge is -2.06. The molecule has 0 heterocycles. The molecule has 0 unspecified atom stereocenters. The highest BCUT2D eigenvalue weighted by molar-refractivity contribution is 5.94. The zero-order valence-corrected chi connectivity index (χ0v) is 11.1. The zero-order valence-electron chi connectivity index (χ0n) is 11.1. The Bertz CT molecular complexity index is 580. The number of benzene rings is 2. The first kappa shape index (κ1) is 13.1. The Hall–Kier alpha value is -2.35. The van der Waals surface area contributed by atoms with Crippen molar-refractivity contribution in [3.8, 4) is 11.5 Å². The van der Waals surface area contributed by atoms with Gasteiger partial charge in [-0.2, -0.15) is 0 Å². The van der Waals surface area contributed by atoms with Gasteiger partial charge in [-0.15, -0.1) is 0 Å². The Kier molecular flexibility index (Phi) is 4.14. The van der Waals surface area contributed by atoms with Crippen LogP contribution in [0, 0.1) is 0 Å². The molecule has 2 aromatic carbocycles. The van der Waals surface area contributed by atoms with Crippen molar-refractivity contribution in [3.05, 3.63) is 66.2 Å². The van der Waals surface area contributed by atoms with Crippen LogP contribution in [0.5, 0.6) is 11.5 Å². The first-order valence-electron chi connectivity index (χ1n) is 6.17. The topological polar surface area (TPSA) is 26.3 Å². The van der Waals surface area contributed by atoms with Gasteiger partial charge in [0.15, 0.2) is 5.78 Å². The SMILES string of the molecule is CC(=O)/C=C(\C)c1ccc(Oc2ccccc2)cc1. The Labute approximate surface area is 113 Å². The molecule has 0 atom stereocenters. The van der Waals surface area contributed by atoms with Gasteiger partial charge in [0.1, 0.15) is 11.5 Å². The normalized spacial score (nSPS) is 11.2. The number of hydrogen-bond acceptors (Lipinski definition) is 2. The van der Waals surface area contributed by atoms with E-state index in [1.165, 1.54) is 0 Å². The molecular formula is C17H16O2. The summed E-state index contributed by atoms with van der Waals surface area (Å²) in [5.74, 6) is 1.65. The molecule has 96 valence electrons. The minimum absolute atomic E-state index is 0.0575. The van der Waals surface area contributed by atoms with Crippen molar-refractivity contribution in [2.75, 3.05) is 0 Å².